The first-order valence-electron chi connectivity index (χ1n) is 6.36. The summed E-state index contributed by atoms with van der Waals surface area (Å²) < 4.78 is -0.210. The third-order valence-corrected chi connectivity index (χ3v) is 3.75. The van der Waals surface area contributed by atoms with Crippen molar-refractivity contribution in [1.82, 2.24) is 0 Å². The summed E-state index contributed by atoms with van der Waals surface area (Å²) in [6.07, 6.45) is 5.93. The Morgan fingerprint density at radius 2 is 2.30 bits per heavy atom. The average Bonchev–Trinajstić information content (AvgIpc) is 3.00. The van der Waals surface area contributed by atoms with Crippen LogP contribution in [0, 0.1) is 0 Å². The van der Waals surface area contributed by atoms with Crippen molar-refractivity contribution in [3.63, 3.8) is 0 Å². The summed E-state index contributed by atoms with van der Waals surface area (Å²) in [7, 11) is 0. The highest BCUT2D eigenvalue weighted by Gasteiger charge is 2.39. The number of nitrogens with zero attached hydrogens (tertiary/aromatic N) is 4. The fourth-order valence-corrected chi connectivity index (χ4v) is 2.61. The highest BCUT2D eigenvalue weighted by Crippen LogP contribution is 2.27. The normalized spacial score (nSPS) is 25.6. The van der Waals surface area contributed by atoms with Gasteiger partial charge in [-0.1, -0.05) is 0 Å². The number of aliphatic imine (C=N–C) groups is 2. The maximum Gasteiger partial charge on any atom is 0.300 e. The molecule has 0 bridgehead atoms. The molecule has 3 heterocycles. The minimum atomic E-state index is -0.210. The van der Waals surface area contributed by atoms with E-state index in [1.807, 2.05) is 6.07 Å². The number of hydrogen-bond donors (Lipinski definition) is 2. The molecule has 1 atom stereocenters. The van der Waals surface area contributed by atoms with E-state index >= 15 is 0 Å². The van der Waals surface area contributed by atoms with Crippen molar-refractivity contribution in [1.29, 1.82) is 0 Å². The lowest BCUT2D eigenvalue weighted by Gasteiger charge is -2.12. The number of rotatable bonds is 1. The van der Waals surface area contributed by atoms with Crippen molar-refractivity contribution < 1.29 is 4.11 Å². The fraction of sp³-hybridized carbons (Fsp3) is 0.154. The molecule has 3 aliphatic heterocycles. The molecule has 20 heavy (non-hydrogen) atoms. The van der Waals surface area contributed by atoms with Gasteiger partial charge in [-0.15, -0.1) is 4.99 Å². The number of nitrogens with one attached hydrogen (secondary N) is 2. The molecule has 1 unspecified atom stereocenters. The highest BCUT2D eigenvalue weighted by molar-refractivity contribution is 6.36. The average molecular weight is 288 g/mol. The van der Waals surface area contributed by atoms with Crippen molar-refractivity contribution in [2.75, 3.05) is 17.2 Å². The Morgan fingerprint density at radius 1 is 1.35 bits per heavy atom. The third-order valence-electron chi connectivity index (χ3n) is 3.39. The van der Waals surface area contributed by atoms with E-state index in [1.54, 1.807) is 18.6 Å². The Balaban J connectivity index is 1.61. The van der Waals surface area contributed by atoms with E-state index in [-0.39, 0.29) is 4.11 Å². The number of benzene rings is 1. The van der Waals surface area contributed by atoms with Gasteiger partial charge in [-0.25, -0.2) is 0 Å². The van der Waals surface area contributed by atoms with Crippen LogP contribution in [0.25, 0.3) is 0 Å². The quantitative estimate of drug-likeness (QED) is 0.779. The smallest absolute Gasteiger partial charge is 0.300 e. The lowest BCUT2D eigenvalue weighted by atomic mass is 10.1. The lowest BCUT2D eigenvalue weighted by molar-refractivity contribution is -0.659. The van der Waals surface area contributed by atoms with Crippen molar-refractivity contribution >= 4 is 41.2 Å². The number of amidine groups is 1. The molecule has 0 fully saturated rings. The Bertz CT molecular complexity index is 705. The van der Waals surface area contributed by atoms with Crippen molar-refractivity contribution in [2.24, 2.45) is 15.1 Å². The molecule has 7 heteroatoms. The minimum absolute atomic E-state index is 0.210. The van der Waals surface area contributed by atoms with Gasteiger partial charge in [-0.2, -0.15) is 0 Å². The topological polar surface area (TPSA) is 61.1 Å². The Morgan fingerprint density at radius 3 is 3.20 bits per heavy atom. The van der Waals surface area contributed by atoms with E-state index < -0.39 is 0 Å². The van der Waals surface area contributed by atoms with Gasteiger partial charge in [0.2, 0.25) is 11.8 Å². The number of quaternary nitrogens is 1. The summed E-state index contributed by atoms with van der Waals surface area (Å²) in [6, 6.07) is 6.17. The summed E-state index contributed by atoms with van der Waals surface area (Å²) >= 11 is 6.32. The van der Waals surface area contributed by atoms with Gasteiger partial charge in [-0.05, 0) is 39.4 Å². The molecule has 0 radical (unpaired) electrons. The van der Waals surface area contributed by atoms with Crippen LogP contribution in [0.1, 0.15) is 5.56 Å². The molecule has 4 rings (SSSR count). The van der Waals surface area contributed by atoms with Crippen LogP contribution in [0.3, 0.4) is 0 Å². The van der Waals surface area contributed by atoms with Crippen LogP contribution >= 0.6 is 11.8 Å². The van der Waals surface area contributed by atoms with E-state index in [1.165, 1.54) is 11.3 Å². The minimum Gasteiger partial charge on any atom is -0.384 e. The standard InChI is InChI=1S/C13H12ClN6/c14-20-6-5-15-8-12(20)18-13(19-20)17-10-1-2-11-9(7-10)3-4-16-11/h1-2,5-8,16H,3-4H2,(H,17,19)/q+1. The zero-order chi connectivity index (χ0) is 13.6. The van der Waals surface area contributed by atoms with Crippen LogP contribution in [0.5, 0.6) is 0 Å². The van der Waals surface area contributed by atoms with Gasteiger partial charge in [0.05, 0.1) is 6.20 Å². The Kier molecular flexibility index (Phi) is 2.42. The molecule has 0 aromatic heterocycles. The Labute approximate surface area is 120 Å². The molecule has 0 saturated carbocycles. The summed E-state index contributed by atoms with van der Waals surface area (Å²) in [5.41, 5.74) is 3.46. The zero-order valence-electron chi connectivity index (χ0n) is 10.5. The third kappa shape index (κ3) is 1.81. The largest absolute Gasteiger partial charge is 0.384 e. The molecule has 1 aromatic rings. The van der Waals surface area contributed by atoms with Crippen LogP contribution in [-0.4, -0.2) is 28.7 Å². The first-order valence-corrected chi connectivity index (χ1v) is 6.69. The van der Waals surface area contributed by atoms with Gasteiger partial charge in [0.25, 0.3) is 11.8 Å². The van der Waals surface area contributed by atoms with Crippen LogP contribution in [0.2, 0.25) is 0 Å². The summed E-state index contributed by atoms with van der Waals surface area (Å²) in [4.78, 5) is 8.36. The number of hydrogen-bond acceptors (Lipinski definition) is 5. The maximum atomic E-state index is 6.32. The SMILES string of the molecule is Cl[N+]12C=CN=CC1=NC(Nc1ccc3c(c1)CCN3)=N2. The first kappa shape index (κ1) is 11.6. The van der Waals surface area contributed by atoms with Gasteiger partial charge in [0, 0.05) is 17.9 Å². The molecule has 0 amide bonds. The number of fused-ring (bicyclic) bond motifs is 2. The van der Waals surface area contributed by atoms with Crippen molar-refractivity contribution in [3.8, 4) is 0 Å². The maximum absolute atomic E-state index is 6.32. The molecule has 2 N–H and O–H groups in total. The van der Waals surface area contributed by atoms with E-state index in [4.69, 9.17) is 11.8 Å². The molecule has 1 aromatic carbocycles. The predicted octanol–water partition coefficient (Wildman–Crippen LogP) is 2.28. The molecular weight excluding hydrogens is 276 g/mol. The van der Waals surface area contributed by atoms with Gasteiger partial charge in [0.15, 0.2) is 6.20 Å². The van der Waals surface area contributed by atoms with Crippen LogP contribution in [-0.2, 0) is 6.42 Å². The zero-order valence-corrected chi connectivity index (χ0v) is 11.3. The van der Waals surface area contributed by atoms with Gasteiger partial charge >= 0.3 is 0 Å². The summed E-state index contributed by atoms with van der Waals surface area (Å²) in [6.45, 7) is 0.991. The van der Waals surface area contributed by atoms with Gasteiger partial charge < -0.3 is 10.6 Å². The molecule has 0 spiro atoms. The first-order chi connectivity index (χ1) is 9.73. The van der Waals surface area contributed by atoms with Gasteiger partial charge in [0.1, 0.15) is 6.21 Å². The second-order valence-corrected chi connectivity index (χ2v) is 5.26. The summed E-state index contributed by atoms with van der Waals surface area (Å²) in [5.74, 6) is 1.07. The van der Waals surface area contributed by atoms with E-state index in [0.29, 0.717) is 11.8 Å². The second-order valence-electron chi connectivity index (χ2n) is 4.75. The van der Waals surface area contributed by atoms with Crippen molar-refractivity contribution in [3.05, 3.63) is 36.2 Å². The van der Waals surface area contributed by atoms with Crippen LogP contribution < -0.4 is 10.6 Å². The Hall–Kier alpha value is -2.18. The van der Waals surface area contributed by atoms with Crippen LogP contribution in [0.15, 0.2) is 45.7 Å². The number of anilines is 2. The summed E-state index contributed by atoms with van der Waals surface area (Å²) in [5, 5.41) is 10.9. The highest BCUT2D eigenvalue weighted by atomic mass is 35.5. The monoisotopic (exact) mass is 287 g/mol. The molecule has 3 aliphatic rings. The number of guanidine groups is 1. The molecule has 0 aliphatic carbocycles. The molecule has 0 saturated heterocycles. The van der Waals surface area contributed by atoms with Crippen molar-refractivity contribution in [2.45, 2.75) is 6.42 Å². The predicted molar refractivity (Wildman–Crippen MR) is 80.9 cm³/mol. The number of halogens is 1. The molecule has 6 nitrogen and oxygen atoms in total. The van der Waals surface area contributed by atoms with E-state index in [0.717, 1.165) is 18.7 Å². The fourth-order valence-electron chi connectivity index (χ4n) is 2.41. The van der Waals surface area contributed by atoms with E-state index in [2.05, 4.69) is 37.9 Å². The van der Waals surface area contributed by atoms with Gasteiger partial charge in [-0.3, -0.25) is 4.99 Å². The van der Waals surface area contributed by atoms with E-state index in [9.17, 15) is 0 Å². The second kappa shape index (κ2) is 4.16. The molecular formula is C13H12ClN6+. The lowest BCUT2D eigenvalue weighted by Crippen LogP contribution is -2.33. The van der Waals surface area contributed by atoms with Crippen LogP contribution in [0.4, 0.5) is 11.4 Å². The molecule has 100 valence electrons.